The fraction of sp³-hybridized carbons (Fsp3) is 0.154. The Hall–Kier alpha value is -4.18. The summed E-state index contributed by atoms with van der Waals surface area (Å²) in [4.78, 5) is 37.0. The van der Waals surface area contributed by atoms with Crippen LogP contribution in [0.1, 0.15) is 23.6 Å². The number of hydrogen-bond donors (Lipinski definition) is 0. The Morgan fingerprint density at radius 2 is 1.67 bits per heavy atom. The van der Waals surface area contributed by atoms with Crippen molar-refractivity contribution in [2.24, 2.45) is 0 Å². The summed E-state index contributed by atoms with van der Waals surface area (Å²) in [7, 11) is 0. The minimum Gasteiger partial charge on any atom is -0.490 e. The highest BCUT2D eigenvalue weighted by atomic mass is 32.2. The summed E-state index contributed by atoms with van der Waals surface area (Å²) in [5.74, 6) is 0.110. The first-order valence-electron chi connectivity index (χ1n) is 11.0. The van der Waals surface area contributed by atoms with Gasteiger partial charge in [0.05, 0.1) is 23.0 Å². The maximum absolute atomic E-state index is 13.1. The van der Waals surface area contributed by atoms with Crippen LogP contribution in [-0.2, 0) is 17.9 Å². The molecule has 3 aromatic rings. The van der Waals surface area contributed by atoms with Gasteiger partial charge in [0.25, 0.3) is 16.8 Å². The first-order chi connectivity index (χ1) is 17.3. The Labute approximate surface area is 210 Å². The van der Waals surface area contributed by atoms with Gasteiger partial charge in [0.15, 0.2) is 11.5 Å². The van der Waals surface area contributed by atoms with E-state index in [4.69, 9.17) is 9.47 Å². The Balaban J connectivity index is 1.48. The second-order valence-electron chi connectivity index (χ2n) is 7.75. The number of imide groups is 1. The predicted molar refractivity (Wildman–Crippen MR) is 133 cm³/mol. The molecule has 0 aromatic heterocycles. The summed E-state index contributed by atoms with van der Waals surface area (Å²) in [5.41, 5.74) is 2.05. The number of hydrogen-bond acceptors (Lipinski definition) is 7. The van der Waals surface area contributed by atoms with Gasteiger partial charge in [0.1, 0.15) is 12.4 Å². The Morgan fingerprint density at radius 1 is 0.972 bits per heavy atom. The lowest BCUT2D eigenvalue weighted by atomic mass is 10.1. The average Bonchev–Trinajstić information content (AvgIpc) is 3.12. The number of nitro groups is 1. The summed E-state index contributed by atoms with van der Waals surface area (Å²) in [6.07, 6.45) is 1.61. The third kappa shape index (κ3) is 5.89. The monoisotopic (exact) mass is 508 g/mol. The van der Waals surface area contributed by atoms with Crippen LogP contribution >= 0.6 is 11.8 Å². The molecular formula is C26H21FN2O6S. The van der Waals surface area contributed by atoms with Crippen LogP contribution in [0.4, 0.5) is 14.9 Å². The molecule has 1 saturated heterocycles. The molecule has 36 heavy (non-hydrogen) atoms. The molecule has 1 aliphatic rings. The van der Waals surface area contributed by atoms with Gasteiger partial charge in [-0.15, -0.1) is 0 Å². The molecule has 0 spiro atoms. The van der Waals surface area contributed by atoms with E-state index in [2.05, 4.69) is 0 Å². The molecule has 0 saturated carbocycles. The molecule has 0 radical (unpaired) electrons. The number of thioether (sulfide) groups is 1. The van der Waals surface area contributed by atoms with E-state index in [9.17, 15) is 24.1 Å². The van der Waals surface area contributed by atoms with E-state index in [-0.39, 0.29) is 23.7 Å². The number of benzene rings is 3. The average molecular weight is 509 g/mol. The smallest absolute Gasteiger partial charge is 0.293 e. The van der Waals surface area contributed by atoms with Crippen molar-refractivity contribution in [3.63, 3.8) is 0 Å². The van der Waals surface area contributed by atoms with Crippen molar-refractivity contribution in [3.8, 4) is 11.5 Å². The number of carbonyl (C=O) groups excluding carboxylic acids is 2. The third-order valence-electron chi connectivity index (χ3n) is 5.23. The van der Waals surface area contributed by atoms with E-state index in [0.717, 1.165) is 22.2 Å². The van der Waals surface area contributed by atoms with Crippen molar-refractivity contribution in [1.29, 1.82) is 0 Å². The van der Waals surface area contributed by atoms with E-state index in [0.29, 0.717) is 29.2 Å². The van der Waals surface area contributed by atoms with Crippen LogP contribution in [0.5, 0.6) is 11.5 Å². The van der Waals surface area contributed by atoms with Gasteiger partial charge in [-0.3, -0.25) is 24.6 Å². The number of rotatable bonds is 9. The van der Waals surface area contributed by atoms with Gasteiger partial charge >= 0.3 is 0 Å². The molecule has 4 rings (SSSR count). The first kappa shape index (κ1) is 24.9. The fourth-order valence-corrected chi connectivity index (χ4v) is 4.28. The molecule has 10 heteroatoms. The number of ether oxygens (including phenoxy) is 2. The number of halogens is 1. The lowest BCUT2D eigenvalue weighted by Gasteiger charge is -2.13. The zero-order chi connectivity index (χ0) is 25.7. The van der Waals surface area contributed by atoms with E-state index >= 15 is 0 Å². The van der Waals surface area contributed by atoms with Crippen molar-refractivity contribution in [1.82, 2.24) is 4.90 Å². The van der Waals surface area contributed by atoms with Crippen LogP contribution in [-0.4, -0.2) is 27.6 Å². The number of non-ortho nitro benzene ring substituents is 1. The van der Waals surface area contributed by atoms with Gasteiger partial charge in [-0.2, -0.15) is 0 Å². The lowest BCUT2D eigenvalue weighted by Crippen LogP contribution is -2.27. The van der Waals surface area contributed by atoms with Crippen LogP contribution in [0.25, 0.3) is 6.08 Å². The topological polar surface area (TPSA) is 99.0 Å². The maximum atomic E-state index is 13.1. The van der Waals surface area contributed by atoms with Crippen molar-refractivity contribution < 1.29 is 28.4 Å². The highest BCUT2D eigenvalue weighted by Gasteiger charge is 2.35. The fourth-order valence-electron chi connectivity index (χ4n) is 3.44. The molecule has 1 fully saturated rings. The standard InChI is InChI=1S/C26H21FN2O6S/c1-2-34-23-13-19(7-12-22(23)35-16-18-5-10-21(11-6-18)29(32)33)14-24-25(30)28(26(31)36-24)15-17-3-8-20(27)9-4-17/h3-14H,2,15-16H2,1H3/b24-14-. The normalized spacial score (nSPS) is 14.4. The van der Waals surface area contributed by atoms with E-state index < -0.39 is 21.9 Å². The van der Waals surface area contributed by atoms with Gasteiger partial charge in [0.2, 0.25) is 0 Å². The molecule has 3 aromatic carbocycles. The third-order valence-corrected chi connectivity index (χ3v) is 6.14. The van der Waals surface area contributed by atoms with Crippen molar-refractivity contribution in [2.75, 3.05) is 6.61 Å². The molecule has 1 heterocycles. The van der Waals surface area contributed by atoms with Gasteiger partial charge in [-0.1, -0.05) is 18.2 Å². The minimum atomic E-state index is -0.464. The van der Waals surface area contributed by atoms with E-state index in [1.807, 2.05) is 6.92 Å². The number of amides is 2. The lowest BCUT2D eigenvalue weighted by molar-refractivity contribution is -0.384. The molecule has 0 N–H and O–H groups in total. The Bertz CT molecular complexity index is 1330. The largest absolute Gasteiger partial charge is 0.490 e. The molecule has 8 nitrogen and oxygen atoms in total. The quantitative estimate of drug-likeness (QED) is 0.200. The van der Waals surface area contributed by atoms with Gasteiger partial charge in [0, 0.05) is 12.1 Å². The summed E-state index contributed by atoms with van der Waals surface area (Å²) in [6.45, 7) is 2.45. The summed E-state index contributed by atoms with van der Waals surface area (Å²) in [5, 5.41) is 10.4. The highest BCUT2D eigenvalue weighted by Crippen LogP contribution is 2.35. The molecule has 0 unspecified atom stereocenters. The van der Waals surface area contributed by atoms with Crippen molar-refractivity contribution in [2.45, 2.75) is 20.1 Å². The van der Waals surface area contributed by atoms with Gasteiger partial charge in [-0.05, 0) is 77.9 Å². The second-order valence-corrected chi connectivity index (χ2v) is 8.74. The van der Waals surface area contributed by atoms with Crippen LogP contribution in [0.2, 0.25) is 0 Å². The molecule has 0 aliphatic carbocycles. The summed E-state index contributed by atoms with van der Waals surface area (Å²) in [6, 6.07) is 16.8. The summed E-state index contributed by atoms with van der Waals surface area (Å²) >= 11 is 0.838. The van der Waals surface area contributed by atoms with E-state index in [1.165, 1.54) is 36.4 Å². The molecule has 184 valence electrons. The molecule has 2 amide bonds. The van der Waals surface area contributed by atoms with Crippen LogP contribution in [0, 0.1) is 15.9 Å². The predicted octanol–water partition coefficient (Wildman–Crippen LogP) is 5.95. The van der Waals surface area contributed by atoms with Gasteiger partial charge in [-0.25, -0.2) is 4.39 Å². The maximum Gasteiger partial charge on any atom is 0.293 e. The number of nitro benzene ring substituents is 1. The molecular weight excluding hydrogens is 487 g/mol. The Morgan fingerprint density at radius 3 is 2.33 bits per heavy atom. The van der Waals surface area contributed by atoms with Crippen molar-refractivity contribution in [3.05, 3.63) is 104 Å². The van der Waals surface area contributed by atoms with Crippen LogP contribution < -0.4 is 9.47 Å². The summed E-state index contributed by atoms with van der Waals surface area (Å²) < 4.78 is 24.7. The first-order valence-corrected chi connectivity index (χ1v) is 11.8. The van der Waals surface area contributed by atoms with Gasteiger partial charge < -0.3 is 9.47 Å². The zero-order valence-corrected chi connectivity index (χ0v) is 20.0. The SMILES string of the molecule is CCOc1cc(/C=C2\SC(=O)N(Cc3ccc(F)cc3)C2=O)ccc1OCc1ccc([N+](=O)[O-])cc1. The zero-order valence-electron chi connectivity index (χ0n) is 19.2. The molecule has 0 atom stereocenters. The highest BCUT2D eigenvalue weighted by molar-refractivity contribution is 8.18. The molecule has 1 aliphatic heterocycles. The number of carbonyl (C=O) groups is 2. The van der Waals surface area contributed by atoms with Crippen molar-refractivity contribution >= 4 is 34.7 Å². The second kappa shape index (κ2) is 11.0. The Kier molecular flexibility index (Phi) is 7.65. The minimum absolute atomic E-state index is 0.000174. The number of nitrogens with zero attached hydrogens (tertiary/aromatic N) is 2. The molecule has 0 bridgehead atoms. The van der Waals surface area contributed by atoms with E-state index in [1.54, 1.807) is 36.4 Å². The van der Waals surface area contributed by atoms with Crippen LogP contribution in [0.3, 0.4) is 0 Å². The van der Waals surface area contributed by atoms with Crippen LogP contribution in [0.15, 0.2) is 71.6 Å².